The van der Waals surface area contributed by atoms with E-state index in [0.29, 0.717) is 10.6 Å². The van der Waals surface area contributed by atoms with Crippen LogP contribution in [0.5, 0.6) is 0 Å². The van der Waals surface area contributed by atoms with Crippen LogP contribution in [0, 0.1) is 25.2 Å². The van der Waals surface area contributed by atoms with Crippen molar-refractivity contribution in [3.63, 3.8) is 0 Å². The van der Waals surface area contributed by atoms with Gasteiger partial charge in [-0.2, -0.15) is 5.26 Å². The first kappa shape index (κ1) is 18.2. The maximum absolute atomic E-state index is 12.4. The van der Waals surface area contributed by atoms with Crippen molar-refractivity contribution in [2.75, 3.05) is 5.32 Å². The van der Waals surface area contributed by atoms with Gasteiger partial charge in [0.25, 0.3) is 5.91 Å². The van der Waals surface area contributed by atoms with E-state index in [4.69, 9.17) is 0 Å². The van der Waals surface area contributed by atoms with E-state index in [1.165, 1.54) is 23.5 Å². The van der Waals surface area contributed by atoms with Gasteiger partial charge in [-0.25, -0.2) is 8.42 Å². The summed E-state index contributed by atoms with van der Waals surface area (Å²) in [5.74, 6) is -0.437. The number of nitrogens with one attached hydrogen (secondary N) is 1. The zero-order valence-corrected chi connectivity index (χ0v) is 15.5. The number of hydrogen-bond acceptors (Lipinski definition) is 5. The summed E-state index contributed by atoms with van der Waals surface area (Å²) in [5, 5.41) is 11.9. The highest BCUT2D eigenvalue weighted by atomic mass is 32.2. The second kappa shape index (κ2) is 6.75. The molecule has 126 valence electrons. The van der Waals surface area contributed by atoms with Crippen LogP contribution in [0.25, 0.3) is 0 Å². The fourth-order valence-electron chi connectivity index (χ4n) is 2.11. The predicted molar refractivity (Wildman–Crippen MR) is 95.2 cm³/mol. The molecule has 0 spiro atoms. The van der Waals surface area contributed by atoms with Crippen LogP contribution in [0.2, 0.25) is 0 Å². The van der Waals surface area contributed by atoms with E-state index in [1.54, 1.807) is 26.0 Å². The van der Waals surface area contributed by atoms with Crippen molar-refractivity contribution in [2.45, 2.75) is 37.8 Å². The highest BCUT2D eigenvalue weighted by Crippen LogP contribution is 2.32. The highest BCUT2D eigenvalue weighted by Gasteiger charge is 2.21. The lowest BCUT2D eigenvalue weighted by Crippen LogP contribution is -2.16. The molecule has 7 heteroatoms. The molecular formula is C17H18N2O3S2. The summed E-state index contributed by atoms with van der Waals surface area (Å²) in [6.07, 6.45) is 0. The molecule has 2 aromatic rings. The van der Waals surface area contributed by atoms with Crippen LogP contribution in [0.1, 0.15) is 40.2 Å². The molecule has 1 heterocycles. The molecule has 2 rings (SSSR count). The van der Waals surface area contributed by atoms with Gasteiger partial charge in [-0.15, -0.1) is 11.3 Å². The molecule has 0 atom stereocenters. The van der Waals surface area contributed by atoms with Gasteiger partial charge >= 0.3 is 0 Å². The average molecular weight is 362 g/mol. The van der Waals surface area contributed by atoms with Gasteiger partial charge in [0.15, 0.2) is 9.84 Å². The van der Waals surface area contributed by atoms with E-state index in [1.807, 2.05) is 13.8 Å². The van der Waals surface area contributed by atoms with Crippen LogP contribution in [-0.2, 0) is 9.84 Å². The second-order valence-electron chi connectivity index (χ2n) is 5.67. The molecule has 5 nitrogen and oxygen atoms in total. The van der Waals surface area contributed by atoms with Crippen LogP contribution in [0.3, 0.4) is 0 Å². The van der Waals surface area contributed by atoms with Crippen LogP contribution >= 0.6 is 11.3 Å². The van der Waals surface area contributed by atoms with Crippen molar-refractivity contribution in [1.82, 2.24) is 0 Å². The minimum absolute atomic E-state index is 0.115. The van der Waals surface area contributed by atoms with Crippen molar-refractivity contribution in [1.29, 1.82) is 5.26 Å². The van der Waals surface area contributed by atoms with Crippen LogP contribution in [0.4, 0.5) is 5.00 Å². The Kier molecular flexibility index (Phi) is 5.11. The van der Waals surface area contributed by atoms with Crippen molar-refractivity contribution >= 4 is 32.1 Å². The van der Waals surface area contributed by atoms with Gasteiger partial charge in [0.1, 0.15) is 11.1 Å². The molecule has 0 radical (unpaired) electrons. The summed E-state index contributed by atoms with van der Waals surface area (Å²) >= 11 is 1.33. The SMILES string of the molecule is Cc1sc(NC(=O)c2cccc(S(=O)(=O)C(C)C)c2)c(C#N)c1C. The Morgan fingerprint density at radius 2 is 1.96 bits per heavy atom. The van der Waals surface area contributed by atoms with Gasteiger partial charge in [-0.1, -0.05) is 6.07 Å². The zero-order valence-electron chi connectivity index (χ0n) is 13.9. The maximum Gasteiger partial charge on any atom is 0.256 e. The number of carbonyl (C=O) groups is 1. The number of nitrogens with zero attached hydrogens (tertiary/aromatic N) is 1. The van der Waals surface area contributed by atoms with Crippen molar-refractivity contribution in [2.24, 2.45) is 0 Å². The van der Waals surface area contributed by atoms with E-state index < -0.39 is 21.0 Å². The Labute approximate surface area is 145 Å². The molecular weight excluding hydrogens is 344 g/mol. The quantitative estimate of drug-likeness (QED) is 0.899. The van der Waals surface area contributed by atoms with Gasteiger partial charge < -0.3 is 5.32 Å². The second-order valence-corrected chi connectivity index (χ2v) is 9.40. The summed E-state index contributed by atoms with van der Waals surface area (Å²) in [4.78, 5) is 13.5. The number of carbonyl (C=O) groups excluding carboxylic acids is 1. The monoisotopic (exact) mass is 362 g/mol. The number of aryl methyl sites for hydroxylation is 1. The smallest absolute Gasteiger partial charge is 0.256 e. The number of anilines is 1. The lowest BCUT2D eigenvalue weighted by Gasteiger charge is -2.09. The number of sulfone groups is 1. The third-order valence-corrected chi connectivity index (χ3v) is 7.04. The molecule has 0 bridgehead atoms. The first-order valence-electron chi connectivity index (χ1n) is 7.34. The minimum atomic E-state index is -3.45. The fraction of sp³-hybridized carbons (Fsp3) is 0.294. The molecule has 0 aliphatic rings. The van der Waals surface area contributed by atoms with Gasteiger partial charge in [0.05, 0.1) is 15.7 Å². The Hall–Kier alpha value is -2.17. The Morgan fingerprint density at radius 3 is 2.54 bits per heavy atom. The molecule has 24 heavy (non-hydrogen) atoms. The molecule has 0 aliphatic heterocycles. The highest BCUT2D eigenvalue weighted by molar-refractivity contribution is 7.92. The lowest BCUT2D eigenvalue weighted by molar-refractivity contribution is 0.102. The van der Waals surface area contributed by atoms with Gasteiger partial charge in [-0.3, -0.25) is 4.79 Å². The average Bonchev–Trinajstić information content (AvgIpc) is 2.81. The third-order valence-electron chi connectivity index (χ3n) is 3.77. The van der Waals surface area contributed by atoms with E-state index in [2.05, 4.69) is 11.4 Å². The lowest BCUT2D eigenvalue weighted by atomic mass is 10.2. The largest absolute Gasteiger partial charge is 0.312 e. The van der Waals surface area contributed by atoms with Crippen molar-refractivity contribution in [3.8, 4) is 6.07 Å². The maximum atomic E-state index is 12.4. The number of thiophene rings is 1. The van der Waals surface area contributed by atoms with Crippen LogP contribution in [0.15, 0.2) is 29.2 Å². The van der Waals surface area contributed by atoms with Crippen molar-refractivity contribution in [3.05, 3.63) is 45.8 Å². The summed E-state index contributed by atoms with van der Waals surface area (Å²) in [6, 6.07) is 8.03. The summed E-state index contributed by atoms with van der Waals surface area (Å²) in [6.45, 7) is 6.90. The topological polar surface area (TPSA) is 87.0 Å². The molecule has 0 aliphatic carbocycles. The third kappa shape index (κ3) is 3.35. The molecule has 0 unspecified atom stereocenters. The van der Waals surface area contributed by atoms with E-state index >= 15 is 0 Å². The first-order chi connectivity index (χ1) is 11.2. The predicted octanol–water partition coefficient (Wildman–Crippen LogP) is 3.67. The van der Waals surface area contributed by atoms with Gasteiger partial charge in [0, 0.05) is 10.4 Å². The van der Waals surface area contributed by atoms with Crippen molar-refractivity contribution < 1.29 is 13.2 Å². The van der Waals surface area contributed by atoms with Gasteiger partial charge in [-0.05, 0) is 51.5 Å². The summed E-state index contributed by atoms with van der Waals surface area (Å²) in [7, 11) is -3.45. The standard InChI is InChI=1S/C17H18N2O3S2/c1-10(2)24(21,22)14-7-5-6-13(8-14)16(20)19-17-15(9-18)11(3)12(4)23-17/h5-8,10H,1-4H3,(H,19,20). The number of benzene rings is 1. The fourth-order valence-corrected chi connectivity index (χ4v) is 4.22. The molecule has 0 saturated carbocycles. The van der Waals surface area contributed by atoms with Crippen LogP contribution < -0.4 is 5.32 Å². The first-order valence-corrected chi connectivity index (χ1v) is 9.70. The molecule has 1 N–H and O–H groups in total. The molecule has 1 aromatic carbocycles. The zero-order chi connectivity index (χ0) is 18.1. The normalized spacial score (nSPS) is 11.3. The van der Waals surface area contributed by atoms with E-state index in [0.717, 1.165) is 10.4 Å². The summed E-state index contributed by atoms with van der Waals surface area (Å²) in [5.41, 5.74) is 1.52. The number of hydrogen-bond donors (Lipinski definition) is 1. The minimum Gasteiger partial charge on any atom is -0.312 e. The number of rotatable bonds is 4. The molecule has 1 aromatic heterocycles. The Balaban J connectivity index is 2.36. The molecule has 1 amide bonds. The molecule has 0 saturated heterocycles. The Bertz CT molecular complexity index is 935. The Morgan fingerprint density at radius 1 is 1.29 bits per heavy atom. The molecule has 0 fully saturated rings. The number of nitriles is 1. The van der Waals surface area contributed by atoms with Crippen LogP contribution in [-0.4, -0.2) is 19.6 Å². The number of amides is 1. The summed E-state index contributed by atoms with van der Waals surface area (Å²) < 4.78 is 24.5. The van der Waals surface area contributed by atoms with Gasteiger partial charge in [0.2, 0.25) is 0 Å². The van der Waals surface area contributed by atoms with E-state index in [-0.39, 0.29) is 10.5 Å². The van der Waals surface area contributed by atoms with E-state index in [9.17, 15) is 18.5 Å².